The van der Waals surface area contributed by atoms with Crippen molar-refractivity contribution in [1.29, 1.82) is 0 Å². The topological polar surface area (TPSA) is 95.9 Å². The Kier molecular flexibility index (Phi) is 7.64. The molecule has 1 aromatic carbocycles. The zero-order valence-corrected chi connectivity index (χ0v) is 22.2. The van der Waals surface area contributed by atoms with Gasteiger partial charge in [-0.05, 0) is 24.8 Å². The number of fused-ring (bicyclic) bond motifs is 1. The Balaban J connectivity index is 1.73. The SMILES string of the molecule is CCOC(=O)[C@H]1[C@@H]2SC3(CC2Br)C(C(=O)NCc2ccccc2)N([C@@H](CO)[C@@H](C)CC)C(=O)[C@H]13. The third-order valence-electron chi connectivity index (χ3n) is 7.69. The first kappa shape index (κ1) is 25.5. The van der Waals surface area contributed by atoms with Crippen LogP contribution in [0.15, 0.2) is 30.3 Å². The lowest BCUT2D eigenvalue weighted by Crippen LogP contribution is -2.58. The molecule has 2 bridgehead atoms. The molecule has 0 aromatic heterocycles. The van der Waals surface area contributed by atoms with Crippen LogP contribution in [0.2, 0.25) is 0 Å². The highest BCUT2D eigenvalue weighted by Gasteiger charge is 2.76. The molecule has 34 heavy (non-hydrogen) atoms. The molecule has 9 heteroatoms. The van der Waals surface area contributed by atoms with Crippen molar-refractivity contribution in [1.82, 2.24) is 10.2 Å². The number of esters is 1. The van der Waals surface area contributed by atoms with Crippen molar-refractivity contribution >= 4 is 45.5 Å². The molecule has 8 atom stereocenters. The molecule has 2 amide bonds. The maximum Gasteiger partial charge on any atom is 0.310 e. The fourth-order valence-corrected chi connectivity index (χ4v) is 9.52. The van der Waals surface area contributed by atoms with Crippen LogP contribution < -0.4 is 5.32 Å². The Morgan fingerprint density at radius 3 is 2.65 bits per heavy atom. The van der Waals surface area contributed by atoms with Gasteiger partial charge in [0.05, 0.1) is 35.8 Å². The summed E-state index contributed by atoms with van der Waals surface area (Å²) in [6.07, 6.45) is 1.36. The van der Waals surface area contributed by atoms with Crippen LogP contribution in [0, 0.1) is 17.8 Å². The first-order chi connectivity index (χ1) is 16.3. The van der Waals surface area contributed by atoms with E-state index in [-0.39, 0.29) is 47.0 Å². The molecule has 3 unspecified atom stereocenters. The smallest absolute Gasteiger partial charge is 0.310 e. The second kappa shape index (κ2) is 10.2. The average molecular weight is 554 g/mol. The van der Waals surface area contributed by atoms with Crippen LogP contribution in [0.4, 0.5) is 0 Å². The first-order valence-electron chi connectivity index (χ1n) is 12.0. The van der Waals surface area contributed by atoms with Gasteiger partial charge < -0.3 is 20.1 Å². The lowest BCUT2D eigenvalue weighted by atomic mass is 9.71. The first-order valence-corrected chi connectivity index (χ1v) is 13.8. The lowest BCUT2D eigenvalue weighted by molar-refractivity contribution is -0.154. The molecule has 3 fully saturated rings. The van der Waals surface area contributed by atoms with Gasteiger partial charge in [0.15, 0.2) is 0 Å². The number of hydrogen-bond donors (Lipinski definition) is 2. The molecule has 186 valence electrons. The summed E-state index contributed by atoms with van der Waals surface area (Å²) in [4.78, 5) is 42.4. The van der Waals surface area contributed by atoms with Crippen molar-refractivity contribution in [2.75, 3.05) is 13.2 Å². The lowest BCUT2D eigenvalue weighted by Gasteiger charge is -2.39. The summed E-state index contributed by atoms with van der Waals surface area (Å²) in [5.41, 5.74) is 0.965. The highest BCUT2D eigenvalue weighted by molar-refractivity contribution is 9.09. The monoisotopic (exact) mass is 552 g/mol. The number of halogens is 1. The fourth-order valence-electron chi connectivity index (χ4n) is 5.93. The number of aliphatic hydroxyl groups is 1. The maximum absolute atomic E-state index is 14.0. The molecule has 2 N–H and O–H groups in total. The van der Waals surface area contributed by atoms with E-state index in [1.165, 1.54) is 0 Å². The number of rotatable bonds is 9. The number of amides is 2. The molecule has 1 spiro atoms. The quantitative estimate of drug-likeness (QED) is 0.361. The Morgan fingerprint density at radius 1 is 1.32 bits per heavy atom. The molecule has 3 aliphatic heterocycles. The average Bonchev–Trinajstić information content (AvgIpc) is 3.42. The van der Waals surface area contributed by atoms with E-state index in [1.807, 2.05) is 44.2 Å². The number of benzene rings is 1. The highest BCUT2D eigenvalue weighted by atomic mass is 79.9. The Bertz CT molecular complexity index is 933. The van der Waals surface area contributed by atoms with Crippen molar-refractivity contribution in [2.45, 2.75) is 67.1 Å². The van der Waals surface area contributed by atoms with Gasteiger partial charge in [-0.2, -0.15) is 0 Å². The molecular formula is C25H33BrN2O5S. The zero-order valence-electron chi connectivity index (χ0n) is 19.8. The van der Waals surface area contributed by atoms with Gasteiger partial charge in [-0.25, -0.2) is 0 Å². The fraction of sp³-hybridized carbons (Fsp3) is 0.640. The van der Waals surface area contributed by atoms with Gasteiger partial charge in [0.25, 0.3) is 0 Å². The molecule has 7 nitrogen and oxygen atoms in total. The van der Waals surface area contributed by atoms with Crippen LogP contribution in [0.5, 0.6) is 0 Å². The van der Waals surface area contributed by atoms with E-state index in [1.54, 1.807) is 23.6 Å². The Morgan fingerprint density at radius 2 is 2.03 bits per heavy atom. The summed E-state index contributed by atoms with van der Waals surface area (Å²) in [5.74, 6) is -2.08. The molecule has 3 aliphatic rings. The van der Waals surface area contributed by atoms with Gasteiger partial charge in [-0.15, -0.1) is 11.8 Å². The summed E-state index contributed by atoms with van der Waals surface area (Å²) in [6.45, 7) is 6.10. The molecule has 1 aromatic rings. The summed E-state index contributed by atoms with van der Waals surface area (Å²) in [5, 5.41) is 13.2. The van der Waals surface area contributed by atoms with E-state index < -0.39 is 28.7 Å². The summed E-state index contributed by atoms with van der Waals surface area (Å²) >= 11 is 5.32. The van der Waals surface area contributed by atoms with E-state index in [9.17, 15) is 19.5 Å². The highest BCUT2D eigenvalue weighted by Crippen LogP contribution is 2.68. The Hall–Kier alpha value is -1.58. The minimum Gasteiger partial charge on any atom is -0.466 e. The predicted molar refractivity (Wildman–Crippen MR) is 134 cm³/mol. The number of thioether (sulfide) groups is 1. The second-order valence-corrected chi connectivity index (χ2v) is 12.2. The molecule has 0 aliphatic carbocycles. The van der Waals surface area contributed by atoms with Crippen molar-refractivity contribution in [3.05, 3.63) is 35.9 Å². The number of nitrogens with zero attached hydrogens (tertiary/aromatic N) is 1. The van der Waals surface area contributed by atoms with Crippen molar-refractivity contribution in [3.8, 4) is 0 Å². The minimum absolute atomic E-state index is 0.00314. The molecule has 0 saturated carbocycles. The van der Waals surface area contributed by atoms with Crippen molar-refractivity contribution < 1.29 is 24.2 Å². The minimum atomic E-state index is -0.769. The largest absolute Gasteiger partial charge is 0.466 e. The molecule has 0 radical (unpaired) electrons. The third kappa shape index (κ3) is 4.07. The number of alkyl halides is 1. The standard InChI is InChI=1S/C25H33BrN2O5S/c1-4-14(3)17(13-29)28-21(22(30)27-12-15-9-7-6-8-10-15)25-11-16(26)20(34-25)18(19(25)23(28)31)24(32)33-5-2/h6-10,14,16-21,29H,4-5,11-13H2,1-3H3,(H,27,30)/t14-,16?,17-,18+,19-,20+,21?,25?/m0/s1. The van der Waals surface area contributed by atoms with Crippen LogP contribution in [-0.2, 0) is 25.7 Å². The van der Waals surface area contributed by atoms with E-state index in [0.29, 0.717) is 13.0 Å². The summed E-state index contributed by atoms with van der Waals surface area (Å²) < 4.78 is 4.64. The van der Waals surface area contributed by atoms with E-state index in [0.717, 1.165) is 12.0 Å². The molecule has 3 heterocycles. The predicted octanol–water partition coefficient (Wildman–Crippen LogP) is 2.74. The van der Waals surface area contributed by atoms with Gasteiger partial charge in [0, 0.05) is 16.6 Å². The second-order valence-electron chi connectivity index (χ2n) is 9.50. The number of nitrogens with one attached hydrogen (secondary N) is 1. The van der Waals surface area contributed by atoms with Gasteiger partial charge in [0.1, 0.15) is 6.04 Å². The van der Waals surface area contributed by atoms with Gasteiger partial charge in [-0.3, -0.25) is 14.4 Å². The van der Waals surface area contributed by atoms with E-state index >= 15 is 0 Å². The van der Waals surface area contributed by atoms with E-state index in [2.05, 4.69) is 21.2 Å². The molecular weight excluding hydrogens is 520 g/mol. The number of carbonyl (C=O) groups is 3. The van der Waals surface area contributed by atoms with Crippen LogP contribution in [0.3, 0.4) is 0 Å². The number of hydrogen-bond acceptors (Lipinski definition) is 6. The zero-order chi connectivity index (χ0) is 24.6. The summed E-state index contributed by atoms with van der Waals surface area (Å²) in [6, 6.07) is 8.37. The van der Waals surface area contributed by atoms with Crippen molar-refractivity contribution in [3.63, 3.8) is 0 Å². The van der Waals surface area contributed by atoms with Gasteiger partial charge in [-0.1, -0.05) is 66.5 Å². The van der Waals surface area contributed by atoms with Crippen LogP contribution in [0.1, 0.15) is 39.2 Å². The van der Waals surface area contributed by atoms with Gasteiger partial charge in [0.2, 0.25) is 11.8 Å². The number of likely N-dealkylation sites (tertiary alicyclic amines) is 1. The Labute approximate surface area is 213 Å². The molecule has 4 rings (SSSR count). The number of carbonyl (C=O) groups excluding carboxylic acids is 3. The number of ether oxygens (including phenoxy) is 1. The molecule has 3 saturated heterocycles. The van der Waals surface area contributed by atoms with Crippen molar-refractivity contribution in [2.24, 2.45) is 17.8 Å². The van der Waals surface area contributed by atoms with E-state index in [4.69, 9.17) is 4.74 Å². The third-order valence-corrected chi connectivity index (χ3v) is 10.9. The van der Waals surface area contributed by atoms with Crippen LogP contribution in [-0.4, -0.2) is 67.9 Å². The maximum atomic E-state index is 14.0. The number of aliphatic hydroxyl groups excluding tert-OH is 1. The van der Waals surface area contributed by atoms with Gasteiger partial charge >= 0.3 is 5.97 Å². The van der Waals surface area contributed by atoms with Crippen LogP contribution >= 0.6 is 27.7 Å². The van der Waals surface area contributed by atoms with Crippen LogP contribution in [0.25, 0.3) is 0 Å². The summed E-state index contributed by atoms with van der Waals surface area (Å²) in [7, 11) is 0. The normalized spacial score (nSPS) is 33.5.